The second-order valence-corrected chi connectivity index (χ2v) is 6.61. The predicted molar refractivity (Wildman–Crippen MR) is 80.9 cm³/mol. The number of nitrogens with zero attached hydrogens (tertiary/aromatic N) is 3. The Kier molecular flexibility index (Phi) is 6.35. The van der Waals surface area contributed by atoms with Gasteiger partial charge in [0.15, 0.2) is 5.82 Å². The summed E-state index contributed by atoms with van der Waals surface area (Å²) >= 11 is 7.05. The maximum Gasteiger partial charge on any atom is 0.222 e. The molecule has 8 heteroatoms. The Balaban J connectivity index is 0.00000220. The third-order valence-electron chi connectivity index (χ3n) is 3.32. The van der Waals surface area contributed by atoms with Gasteiger partial charge in [0.05, 0.1) is 12.3 Å². The van der Waals surface area contributed by atoms with Crippen molar-refractivity contribution < 1.29 is 9.23 Å². The van der Waals surface area contributed by atoms with Crippen molar-refractivity contribution >= 4 is 23.4 Å². The second-order valence-electron chi connectivity index (χ2n) is 4.80. The smallest absolute Gasteiger partial charge is 0.222 e. The largest absolute Gasteiger partial charge is 0.294 e. The standard InChI is InChI=1S/C12H14ClFN4OS.CH4/c1-12(6-15,7-2-3-7)20-5-9(19-16)10-8(14)4-17-11(13)18-10;/h4,7,9H,2-3,5,16H2,1H3;1H4. The molecule has 5 nitrogen and oxygen atoms in total. The van der Waals surface area contributed by atoms with E-state index in [0.29, 0.717) is 11.7 Å². The maximum atomic E-state index is 13.7. The fraction of sp³-hybridized carbons (Fsp3) is 0.615. The summed E-state index contributed by atoms with van der Waals surface area (Å²) < 4.78 is 13.2. The van der Waals surface area contributed by atoms with Crippen LogP contribution < -0.4 is 5.90 Å². The number of nitriles is 1. The molecule has 116 valence electrons. The number of thioether (sulfide) groups is 1. The predicted octanol–water partition coefficient (Wildman–Crippen LogP) is 3.26. The number of halogens is 2. The first-order valence-electron chi connectivity index (χ1n) is 6.09. The Morgan fingerprint density at radius 3 is 2.90 bits per heavy atom. The molecule has 21 heavy (non-hydrogen) atoms. The van der Waals surface area contributed by atoms with E-state index in [0.717, 1.165) is 19.0 Å². The lowest BCUT2D eigenvalue weighted by atomic mass is 10.1. The van der Waals surface area contributed by atoms with Crippen LogP contribution in [0.4, 0.5) is 4.39 Å². The molecule has 1 saturated carbocycles. The van der Waals surface area contributed by atoms with E-state index in [-0.39, 0.29) is 18.4 Å². The first-order chi connectivity index (χ1) is 9.50. The third kappa shape index (κ3) is 4.27. The van der Waals surface area contributed by atoms with E-state index in [4.69, 9.17) is 22.3 Å². The Labute approximate surface area is 133 Å². The van der Waals surface area contributed by atoms with E-state index in [9.17, 15) is 9.65 Å². The van der Waals surface area contributed by atoms with Crippen LogP contribution in [-0.4, -0.2) is 20.5 Å². The molecule has 1 aromatic heterocycles. The van der Waals surface area contributed by atoms with Crippen molar-refractivity contribution in [1.29, 1.82) is 5.26 Å². The molecule has 1 aromatic rings. The van der Waals surface area contributed by atoms with Crippen molar-refractivity contribution in [2.24, 2.45) is 11.8 Å². The minimum absolute atomic E-state index is 0. The summed E-state index contributed by atoms with van der Waals surface area (Å²) in [4.78, 5) is 12.1. The van der Waals surface area contributed by atoms with Crippen molar-refractivity contribution in [3.8, 4) is 6.07 Å². The van der Waals surface area contributed by atoms with Crippen molar-refractivity contribution in [2.75, 3.05) is 5.75 Å². The molecule has 0 amide bonds. The SMILES string of the molecule is C.CC(C#N)(SCC(ON)c1nc(Cl)ncc1F)C1CC1. The second kappa shape index (κ2) is 7.36. The Morgan fingerprint density at radius 2 is 2.38 bits per heavy atom. The van der Waals surface area contributed by atoms with E-state index < -0.39 is 16.7 Å². The van der Waals surface area contributed by atoms with Crippen LogP contribution in [0.3, 0.4) is 0 Å². The van der Waals surface area contributed by atoms with E-state index in [1.165, 1.54) is 11.8 Å². The summed E-state index contributed by atoms with van der Waals surface area (Å²) in [6, 6.07) is 2.31. The number of hydrogen-bond donors (Lipinski definition) is 1. The van der Waals surface area contributed by atoms with Crippen LogP contribution in [0, 0.1) is 23.1 Å². The molecular formula is C13H18ClFN4OS. The van der Waals surface area contributed by atoms with Crippen molar-refractivity contribution in [1.82, 2.24) is 9.97 Å². The molecule has 2 N–H and O–H groups in total. The highest BCUT2D eigenvalue weighted by Gasteiger charge is 2.43. The summed E-state index contributed by atoms with van der Waals surface area (Å²) in [5, 5.41) is 9.22. The summed E-state index contributed by atoms with van der Waals surface area (Å²) in [6.45, 7) is 1.88. The number of nitrogens with two attached hydrogens (primary N) is 1. The molecule has 1 aliphatic carbocycles. The van der Waals surface area contributed by atoms with Gasteiger partial charge in [-0.1, -0.05) is 7.43 Å². The van der Waals surface area contributed by atoms with Crippen LogP contribution in [-0.2, 0) is 4.84 Å². The van der Waals surface area contributed by atoms with Gasteiger partial charge in [0.25, 0.3) is 0 Å². The first kappa shape index (κ1) is 18.1. The van der Waals surface area contributed by atoms with Crippen LogP contribution in [0.15, 0.2) is 6.20 Å². The molecule has 0 bridgehead atoms. The maximum absolute atomic E-state index is 13.7. The summed E-state index contributed by atoms with van der Waals surface area (Å²) in [5.41, 5.74) is 0.0103. The molecule has 1 aliphatic rings. The highest BCUT2D eigenvalue weighted by Crippen LogP contribution is 2.48. The molecule has 2 unspecified atom stereocenters. The van der Waals surface area contributed by atoms with Crippen LogP contribution in [0.5, 0.6) is 0 Å². The van der Waals surface area contributed by atoms with Crippen molar-refractivity contribution in [2.45, 2.75) is 38.0 Å². The first-order valence-corrected chi connectivity index (χ1v) is 7.45. The van der Waals surface area contributed by atoms with Gasteiger partial charge < -0.3 is 0 Å². The fourth-order valence-electron chi connectivity index (χ4n) is 1.89. The molecule has 0 aromatic carbocycles. The molecule has 0 aliphatic heterocycles. The van der Waals surface area contributed by atoms with Gasteiger partial charge in [0.1, 0.15) is 16.5 Å². The molecule has 0 saturated heterocycles. The van der Waals surface area contributed by atoms with Gasteiger partial charge in [-0.05, 0) is 37.3 Å². The van der Waals surface area contributed by atoms with Gasteiger partial charge in [0, 0.05) is 5.75 Å². The van der Waals surface area contributed by atoms with Crippen LogP contribution in [0.25, 0.3) is 0 Å². The van der Waals surface area contributed by atoms with Crippen molar-refractivity contribution in [3.63, 3.8) is 0 Å². The van der Waals surface area contributed by atoms with E-state index in [1.54, 1.807) is 0 Å². The zero-order valence-corrected chi connectivity index (χ0v) is 12.4. The third-order valence-corrected chi connectivity index (χ3v) is 5.00. The van der Waals surface area contributed by atoms with E-state index in [1.807, 2.05) is 6.92 Å². The summed E-state index contributed by atoms with van der Waals surface area (Å²) in [7, 11) is 0. The van der Waals surface area contributed by atoms with Gasteiger partial charge in [-0.15, -0.1) is 11.8 Å². The molecule has 1 heterocycles. The molecule has 1 fully saturated rings. The molecule has 0 spiro atoms. The zero-order chi connectivity index (χ0) is 14.8. The Hall–Kier alpha value is -0.940. The highest BCUT2D eigenvalue weighted by molar-refractivity contribution is 8.00. The normalized spacial score (nSPS) is 18.2. The van der Waals surface area contributed by atoms with Gasteiger partial charge in [-0.2, -0.15) is 5.26 Å². The topological polar surface area (TPSA) is 84.8 Å². The lowest BCUT2D eigenvalue weighted by Gasteiger charge is -2.23. The quantitative estimate of drug-likeness (QED) is 0.635. The number of hydrogen-bond acceptors (Lipinski definition) is 6. The molecule has 2 rings (SSSR count). The lowest BCUT2D eigenvalue weighted by molar-refractivity contribution is 0.0637. The number of rotatable bonds is 6. The highest BCUT2D eigenvalue weighted by atomic mass is 35.5. The minimum Gasteiger partial charge on any atom is -0.294 e. The average Bonchev–Trinajstić information content (AvgIpc) is 3.27. The summed E-state index contributed by atoms with van der Waals surface area (Å²) in [5.74, 6) is 5.28. The van der Waals surface area contributed by atoms with Gasteiger partial charge in [0.2, 0.25) is 5.28 Å². The van der Waals surface area contributed by atoms with Crippen LogP contribution >= 0.6 is 23.4 Å². The fourth-order valence-corrected chi connectivity index (χ4v) is 3.30. The van der Waals surface area contributed by atoms with Crippen LogP contribution in [0.1, 0.15) is 39.0 Å². The lowest BCUT2D eigenvalue weighted by Crippen LogP contribution is -2.24. The summed E-state index contributed by atoms with van der Waals surface area (Å²) in [6.07, 6.45) is 2.29. The molecule has 0 radical (unpaired) electrons. The van der Waals surface area contributed by atoms with E-state index >= 15 is 0 Å². The Morgan fingerprint density at radius 1 is 1.71 bits per heavy atom. The Bertz CT molecular complexity index is 537. The molecule has 2 atom stereocenters. The van der Waals surface area contributed by atoms with Crippen LogP contribution in [0.2, 0.25) is 5.28 Å². The van der Waals surface area contributed by atoms with Gasteiger partial charge in [-0.3, -0.25) is 4.84 Å². The van der Waals surface area contributed by atoms with Gasteiger partial charge >= 0.3 is 0 Å². The average molecular weight is 333 g/mol. The molecular weight excluding hydrogens is 315 g/mol. The monoisotopic (exact) mass is 332 g/mol. The number of aromatic nitrogens is 2. The van der Waals surface area contributed by atoms with E-state index in [2.05, 4.69) is 16.0 Å². The minimum atomic E-state index is -0.771. The zero-order valence-electron chi connectivity index (χ0n) is 10.8. The van der Waals surface area contributed by atoms with Crippen molar-refractivity contribution in [3.05, 3.63) is 23.0 Å². The van der Waals surface area contributed by atoms with Gasteiger partial charge in [-0.25, -0.2) is 20.3 Å².